The van der Waals surface area contributed by atoms with Crippen LogP contribution in [0.25, 0.3) is 28.1 Å². The van der Waals surface area contributed by atoms with Crippen molar-refractivity contribution in [3.8, 4) is 34.1 Å². The standard InChI is InChI=1S/C28H26N4O/c1-3-31(4-2)20-23-12-10-16-27(30-23)22-17-26(25-15-9-8-11-21(25)18-29)28(33)32(19-22)24-13-6-5-7-14-24/h5-17,19H,3-4,20H2,1-2H3. The molecule has 164 valence electrons. The van der Waals surface area contributed by atoms with Crippen molar-refractivity contribution in [2.75, 3.05) is 13.1 Å². The highest BCUT2D eigenvalue weighted by atomic mass is 16.1. The maximum absolute atomic E-state index is 13.5. The third-order valence-corrected chi connectivity index (χ3v) is 5.77. The fraction of sp³-hybridized carbons (Fsp3) is 0.179. The minimum absolute atomic E-state index is 0.174. The van der Waals surface area contributed by atoms with Crippen LogP contribution in [0.5, 0.6) is 0 Å². The molecule has 0 saturated heterocycles. The van der Waals surface area contributed by atoms with Crippen LogP contribution in [0.15, 0.2) is 89.9 Å². The van der Waals surface area contributed by atoms with Crippen molar-refractivity contribution in [3.63, 3.8) is 0 Å². The summed E-state index contributed by atoms with van der Waals surface area (Å²) in [4.78, 5) is 20.7. The molecule has 0 amide bonds. The van der Waals surface area contributed by atoms with Crippen molar-refractivity contribution in [2.45, 2.75) is 20.4 Å². The SMILES string of the molecule is CCN(CC)Cc1cccc(-c2cc(-c3ccccc3C#N)c(=O)n(-c3ccccc3)c2)n1. The summed E-state index contributed by atoms with van der Waals surface area (Å²) in [5.74, 6) is 0. The Labute approximate surface area is 194 Å². The largest absolute Gasteiger partial charge is 0.298 e. The van der Waals surface area contributed by atoms with Crippen LogP contribution in [0, 0.1) is 11.3 Å². The van der Waals surface area contributed by atoms with Crippen LogP contribution in [-0.2, 0) is 6.54 Å². The van der Waals surface area contributed by atoms with Crippen LogP contribution >= 0.6 is 0 Å². The zero-order valence-corrected chi connectivity index (χ0v) is 18.9. The van der Waals surface area contributed by atoms with E-state index >= 15 is 0 Å². The van der Waals surface area contributed by atoms with Gasteiger partial charge in [0.2, 0.25) is 0 Å². The van der Waals surface area contributed by atoms with Crippen LogP contribution in [0.3, 0.4) is 0 Å². The number of benzene rings is 2. The minimum atomic E-state index is -0.174. The van der Waals surface area contributed by atoms with E-state index < -0.39 is 0 Å². The van der Waals surface area contributed by atoms with Gasteiger partial charge in [-0.1, -0.05) is 56.3 Å². The van der Waals surface area contributed by atoms with Gasteiger partial charge in [0.25, 0.3) is 5.56 Å². The molecular weight excluding hydrogens is 408 g/mol. The number of nitrogens with zero attached hydrogens (tertiary/aromatic N) is 4. The monoisotopic (exact) mass is 434 g/mol. The first-order valence-corrected chi connectivity index (χ1v) is 11.1. The topological polar surface area (TPSA) is 61.9 Å². The lowest BCUT2D eigenvalue weighted by Crippen LogP contribution is -2.23. The summed E-state index contributed by atoms with van der Waals surface area (Å²) in [6.45, 7) is 6.96. The van der Waals surface area contributed by atoms with Gasteiger partial charge >= 0.3 is 0 Å². The van der Waals surface area contributed by atoms with E-state index in [0.717, 1.165) is 42.3 Å². The molecule has 5 nitrogen and oxygen atoms in total. The first-order chi connectivity index (χ1) is 16.1. The Balaban J connectivity index is 1.91. The van der Waals surface area contributed by atoms with Gasteiger partial charge in [0.15, 0.2) is 0 Å². The Morgan fingerprint density at radius 1 is 0.909 bits per heavy atom. The zero-order valence-electron chi connectivity index (χ0n) is 18.9. The van der Waals surface area contributed by atoms with Crippen molar-refractivity contribution in [1.29, 1.82) is 5.26 Å². The van der Waals surface area contributed by atoms with Gasteiger partial charge in [-0.2, -0.15) is 5.26 Å². The molecular formula is C28H26N4O. The highest BCUT2D eigenvalue weighted by Gasteiger charge is 2.15. The molecule has 5 heteroatoms. The van der Waals surface area contributed by atoms with E-state index in [4.69, 9.17) is 4.98 Å². The molecule has 4 aromatic rings. The molecule has 0 unspecified atom stereocenters. The zero-order chi connectivity index (χ0) is 23.2. The summed E-state index contributed by atoms with van der Waals surface area (Å²) in [5.41, 5.74) is 4.75. The lowest BCUT2D eigenvalue weighted by molar-refractivity contribution is 0.292. The van der Waals surface area contributed by atoms with E-state index in [1.54, 1.807) is 16.7 Å². The maximum atomic E-state index is 13.5. The quantitative estimate of drug-likeness (QED) is 0.397. The van der Waals surface area contributed by atoms with Crippen LogP contribution < -0.4 is 5.56 Å². The second-order valence-electron chi connectivity index (χ2n) is 7.79. The number of rotatable bonds is 7. The van der Waals surface area contributed by atoms with Gasteiger partial charge < -0.3 is 0 Å². The molecule has 0 spiro atoms. The van der Waals surface area contributed by atoms with Crippen LogP contribution in [0.2, 0.25) is 0 Å². The summed E-state index contributed by atoms with van der Waals surface area (Å²) in [7, 11) is 0. The minimum Gasteiger partial charge on any atom is -0.298 e. The number of hydrogen-bond acceptors (Lipinski definition) is 4. The van der Waals surface area contributed by atoms with Crippen LogP contribution in [-0.4, -0.2) is 27.5 Å². The second kappa shape index (κ2) is 10.1. The van der Waals surface area contributed by atoms with Crippen molar-refractivity contribution in [3.05, 3.63) is 107 Å². The average molecular weight is 435 g/mol. The second-order valence-corrected chi connectivity index (χ2v) is 7.79. The summed E-state index contributed by atoms with van der Waals surface area (Å²) in [6, 6.07) is 26.8. The highest BCUT2D eigenvalue weighted by molar-refractivity contribution is 5.75. The molecule has 0 saturated carbocycles. The van der Waals surface area contributed by atoms with Gasteiger partial charge in [-0.05, 0) is 49.5 Å². The molecule has 0 fully saturated rings. The van der Waals surface area contributed by atoms with Crippen LogP contribution in [0.4, 0.5) is 0 Å². The Morgan fingerprint density at radius 2 is 1.64 bits per heavy atom. The van der Waals surface area contributed by atoms with E-state index in [-0.39, 0.29) is 5.56 Å². The molecule has 0 bridgehead atoms. The smallest absolute Gasteiger partial charge is 0.263 e. The van der Waals surface area contributed by atoms with E-state index in [1.807, 2.05) is 72.9 Å². The van der Waals surface area contributed by atoms with Crippen molar-refractivity contribution >= 4 is 0 Å². The molecule has 2 aromatic carbocycles. The van der Waals surface area contributed by atoms with Gasteiger partial charge in [0.1, 0.15) is 0 Å². The Bertz CT molecular complexity index is 1350. The molecule has 0 aliphatic heterocycles. The van der Waals surface area contributed by atoms with Gasteiger partial charge in [0.05, 0.1) is 23.0 Å². The van der Waals surface area contributed by atoms with E-state index in [0.29, 0.717) is 16.7 Å². The van der Waals surface area contributed by atoms with Crippen LogP contribution in [0.1, 0.15) is 25.1 Å². The molecule has 0 atom stereocenters. The highest BCUT2D eigenvalue weighted by Crippen LogP contribution is 2.26. The average Bonchev–Trinajstić information content (AvgIpc) is 2.88. The Kier molecular flexibility index (Phi) is 6.77. The molecule has 4 rings (SSSR count). The molecule has 0 aliphatic rings. The number of para-hydroxylation sites is 1. The number of aromatic nitrogens is 2. The molecule has 0 N–H and O–H groups in total. The lowest BCUT2D eigenvalue weighted by Gasteiger charge is -2.18. The fourth-order valence-corrected chi connectivity index (χ4v) is 3.92. The van der Waals surface area contributed by atoms with Gasteiger partial charge in [0, 0.05) is 35.1 Å². The summed E-state index contributed by atoms with van der Waals surface area (Å²) < 4.78 is 1.64. The van der Waals surface area contributed by atoms with E-state index in [2.05, 4.69) is 24.8 Å². The summed E-state index contributed by atoms with van der Waals surface area (Å²) in [6.07, 6.45) is 1.83. The normalized spacial score (nSPS) is 10.8. The van der Waals surface area contributed by atoms with Crippen molar-refractivity contribution < 1.29 is 0 Å². The number of hydrogen-bond donors (Lipinski definition) is 0. The van der Waals surface area contributed by atoms with Gasteiger partial charge in [-0.3, -0.25) is 19.2 Å². The summed E-state index contributed by atoms with van der Waals surface area (Å²) in [5, 5.41) is 9.63. The number of pyridine rings is 2. The summed E-state index contributed by atoms with van der Waals surface area (Å²) >= 11 is 0. The Morgan fingerprint density at radius 3 is 2.36 bits per heavy atom. The van der Waals surface area contributed by atoms with Gasteiger partial charge in [-0.25, -0.2) is 0 Å². The predicted octanol–water partition coefficient (Wildman–Crippen LogP) is 5.28. The fourth-order valence-electron chi connectivity index (χ4n) is 3.92. The molecule has 2 heterocycles. The third-order valence-electron chi connectivity index (χ3n) is 5.77. The van der Waals surface area contributed by atoms with E-state index in [1.165, 1.54) is 0 Å². The van der Waals surface area contributed by atoms with Crippen molar-refractivity contribution in [1.82, 2.24) is 14.5 Å². The molecule has 2 aromatic heterocycles. The lowest BCUT2D eigenvalue weighted by atomic mass is 9.99. The molecule has 0 radical (unpaired) electrons. The first kappa shape index (κ1) is 22.2. The number of nitriles is 1. The maximum Gasteiger partial charge on any atom is 0.263 e. The van der Waals surface area contributed by atoms with Crippen molar-refractivity contribution in [2.24, 2.45) is 0 Å². The predicted molar refractivity (Wildman–Crippen MR) is 132 cm³/mol. The third kappa shape index (κ3) is 4.77. The first-order valence-electron chi connectivity index (χ1n) is 11.1. The Hall–Kier alpha value is -4.01. The molecule has 33 heavy (non-hydrogen) atoms. The van der Waals surface area contributed by atoms with Gasteiger partial charge in [-0.15, -0.1) is 0 Å². The molecule has 0 aliphatic carbocycles. The van der Waals surface area contributed by atoms with E-state index in [9.17, 15) is 10.1 Å².